The third-order valence-corrected chi connectivity index (χ3v) is 5.32. The second-order valence-electron chi connectivity index (χ2n) is 7.33. The standard InChI is InChI=1S/C17H23N5O/c1-2-13(17-20-19-11-22(17)14-5-6-14)9-21(7-1)10-16-18-8-15(23-16)12-3-4-12/h8,11-14H,1-7,9-10H2. The SMILES string of the molecule is c1nc(CN2CCCC(c3nncn3C3CC3)C2)oc1C1CC1. The Morgan fingerprint density at radius 2 is 2.04 bits per heavy atom. The molecule has 0 spiro atoms. The van der Waals surface area contributed by atoms with Crippen LogP contribution in [0.1, 0.15) is 73.9 Å². The quantitative estimate of drug-likeness (QED) is 0.849. The summed E-state index contributed by atoms with van der Waals surface area (Å²) in [6.45, 7) is 2.97. The van der Waals surface area contributed by atoms with Gasteiger partial charge in [0.2, 0.25) is 5.89 Å². The Bertz CT molecular complexity index is 685. The van der Waals surface area contributed by atoms with E-state index in [1.165, 1.54) is 44.3 Å². The summed E-state index contributed by atoms with van der Waals surface area (Å²) < 4.78 is 8.23. The van der Waals surface area contributed by atoms with Crippen LogP contribution in [-0.2, 0) is 6.54 Å². The van der Waals surface area contributed by atoms with Crippen molar-refractivity contribution in [2.24, 2.45) is 0 Å². The highest BCUT2D eigenvalue weighted by Crippen LogP contribution is 2.40. The topological polar surface area (TPSA) is 60.0 Å². The van der Waals surface area contributed by atoms with Crippen LogP contribution >= 0.6 is 0 Å². The molecular formula is C17H23N5O. The predicted molar refractivity (Wildman–Crippen MR) is 84.0 cm³/mol. The third-order valence-electron chi connectivity index (χ3n) is 5.32. The first-order valence-electron chi connectivity index (χ1n) is 8.93. The number of oxazole rings is 1. The van der Waals surface area contributed by atoms with Gasteiger partial charge in [-0.25, -0.2) is 4.98 Å². The van der Waals surface area contributed by atoms with Gasteiger partial charge in [0.15, 0.2) is 0 Å². The van der Waals surface area contributed by atoms with Crippen LogP contribution in [0.2, 0.25) is 0 Å². The molecule has 2 aromatic heterocycles. The zero-order chi connectivity index (χ0) is 15.2. The molecule has 1 saturated heterocycles. The van der Waals surface area contributed by atoms with Crippen molar-refractivity contribution in [1.82, 2.24) is 24.6 Å². The molecule has 2 aliphatic carbocycles. The molecule has 0 bridgehead atoms. The van der Waals surface area contributed by atoms with Gasteiger partial charge in [-0.15, -0.1) is 10.2 Å². The molecule has 1 atom stereocenters. The lowest BCUT2D eigenvalue weighted by atomic mass is 9.97. The molecule has 122 valence electrons. The Labute approximate surface area is 135 Å². The molecule has 3 aliphatic rings. The van der Waals surface area contributed by atoms with Crippen LogP contribution in [0.4, 0.5) is 0 Å². The molecule has 2 aromatic rings. The average Bonchev–Trinajstić information content (AvgIpc) is 3.50. The second kappa shape index (κ2) is 5.44. The van der Waals surface area contributed by atoms with E-state index in [9.17, 15) is 0 Å². The molecule has 1 unspecified atom stereocenters. The summed E-state index contributed by atoms with van der Waals surface area (Å²) in [6, 6.07) is 0.656. The van der Waals surface area contributed by atoms with Gasteiger partial charge in [0, 0.05) is 24.4 Å². The van der Waals surface area contributed by atoms with E-state index in [4.69, 9.17) is 4.42 Å². The second-order valence-corrected chi connectivity index (χ2v) is 7.33. The Morgan fingerprint density at radius 3 is 2.87 bits per heavy atom. The van der Waals surface area contributed by atoms with Gasteiger partial charge in [-0.1, -0.05) is 0 Å². The van der Waals surface area contributed by atoms with Crippen molar-refractivity contribution in [3.63, 3.8) is 0 Å². The highest BCUT2D eigenvalue weighted by atomic mass is 16.4. The van der Waals surface area contributed by atoms with Crippen molar-refractivity contribution in [1.29, 1.82) is 0 Å². The summed E-state index contributed by atoms with van der Waals surface area (Å²) in [6.07, 6.45) is 11.3. The van der Waals surface area contributed by atoms with Gasteiger partial charge < -0.3 is 8.98 Å². The van der Waals surface area contributed by atoms with Gasteiger partial charge in [0.25, 0.3) is 0 Å². The fourth-order valence-electron chi connectivity index (χ4n) is 3.73. The maximum Gasteiger partial charge on any atom is 0.208 e. The van der Waals surface area contributed by atoms with Gasteiger partial charge in [-0.2, -0.15) is 0 Å². The van der Waals surface area contributed by atoms with Crippen LogP contribution < -0.4 is 0 Å². The van der Waals surface area contributed by atoms with Crippen molar-refractivity contribution < 1.29 is 4.42 Å². The Morgan fingerprint density at radius 1 is 1.13 bits per heavy atom. The number of likely N-dealkylation sites (tertiary alicyclic amines) is 1. The van der Waals surface area contributed by atoms with Crippen LogP contribution in [0.3, 0.4) is 0 Å². The van der Waals surface area contributed by atoms with Crippen molar-refractivity contribution in [2.75, 3.05) is 13.1 Å². The Balaban J connectivity index is 1.27. The number of hydrogen-bond acceptors (Lipinski definition) is 5. The summed E-state index contributed by atoms with van der Waals surface area (Å²) in [5.74, 6) is 4.27. The van der Waals surface area contributed by atoms with E-state index in [1.807, 2.05) is 12.5 Å². The Kier molecular flexibility index (Phi) is 3.25. The largest absolute Gasteiger partial charge is 0.444 e. The molecule has 2 saturated carbocycles. The van der Waals surface area contributed by atoms with E-state index in [2.05, 4.69) is 24.6 Å². The van der Waals surface area contributed by atoms with E-state index < -0.39 is 0 Å². The molecule has 0 amide bonds. The van der Waals surface area contributed by atoms with Crippen molar-refractivity contribution in [2.45, 2.75) is 62.9 Å². The van der Waals surface area contributed by atoms with Crippen LogP contribution in [0.5, 0.6) is 0 Å². The number of rotatable bonds is 5. The molecule has 0 radical (unpaired) electrons. The molecule has 3 heterocycles. The lowest BCUT2D eigenvalue weighted by Crippen LogP contribution is -2.35. The van der Waals surface area contributed by atoms with E-state index >= 15 is 0 Å². The first-order valence-corrected chi connectivity index (χ1v) is 8.93. The highest BCUT2D eigenvalue weighted by molar-refractivity contribution is 5.09. The monoisotopic (exact) mass is 313 g/mol. The van der Waals surface area contributed by atoms with E-state index in [0.29, 0.717) is 17.9 Å². The first-order chi connectivity index (χ1) is 11.4. The predicted octanol–water partition coefficient (Wildman–Crippen LogP) is 2.86. The van der Waals surface area contributed by atoms with Crippen LogP contribution in [0.15, 0.2) is 16.9 Å². The van der Waals surface area contributed by atoms with Gasteiger partial charge in [-0.3, -0.25) is 4.90 Å². The van der Waals surface area contributed by atoms with Crippen molar-refractivity contribution >= 4 is 0 Å². The molecule has 3 fully saturated rings. The molecule has 0 N–H and O–H groups in total. The average molecular weight is 313 g/mol. The molecule has 6 nitrogen and oxygen atoms in total. The molecule has 23 heavy (non-hydrogen) atoms. The maximum absolute atomic E-state index is 5.92. The van der Waals surface area contributed by atoms with E-state index in [1.54, 1.807) is 0 Å². The fraction of sp³-hybridized carbons (Fsp3) is 0.706. The lowest BCUT2D eigenvalue weighted by Gasteiger charge is -2.31. The minimum atomic E-state index is 0.490. The summed E-state index contributed by atoms with van der Waals surface area (Å²) in [5, 5.41) is 8.59. The summed E-state index contributed by atoms with van der Waals surface area (Å²) in [4.78, 5) is 6.93. The zero-order valence-corrected chi connectivity index (χ0v) is 13.4. The summed E-state index contributed by atoms with van der Waals surface area (Å²) in [7, 11) is 0. The van der Waals surface area contributed by atoms with E-state index in [0.717, 1.165) is 31.3 Å². The number of aromatic nitrogens is 4. The summed E-state index contributed by atoms with van der Waals surface area (Å²) >= 11 is 0. The van der Waals surface area contributed by atoms with Gasteiger partial charge >= 0.3 is 0 Å². The molecule has 1 aliphatic heterocycles. The molecule has 0 aromatic carbocycles. The van der Waals surface area contributed by atoms with Crippen LogP contribution in [0.25, 0.3) is 0 Å². The Hall–Kier alpha value is -1.69. The normalized spacial score (nSPS) is 25.8. The molecular weight excluding hydrogens is 290 g/mol. The smallest absolute Gasteiger partial charge is 0.208 e. The van der Waals surface area contributed by atoms with Crippen LogP contribution in [0, 0.1) is 0 Å². The van der Waals surface area contributed by atoms with Gasteiger partial charge in [-0.05, 0) is 45.1 Å². The number of nitrogens with zero attached hydrogens (tertiary/aromatic N) is 5. The zero-order valence-electron chi connectivity index (χ0n) is 13.4. The van der Waals surface area contributed by atoms with Crippen molar-refractivity contribution in [3.05, 3.63) is 30.0 Å². The first kappa shape index (κ1) is 13.7. The van der Waals surface area contributed by atoms with Gasteiger partial charge in [0.1, 0.15) is 17.9 Å². The lowest BCUT2D eigenvalue weighted by molar-refractivity contribution is 0.177. The minimum absolute atomic E-state index is 0.490. The summed E-state index contributed by atoms with van der Waals surface area (Å²) in [5.41, 5.74) is 0. The molecule has 5 rings (SSSR count). The maximum atomic E-state index is 5.92. The minimum Gasteiger partial charge on any atom is -0.444 e. The van der Waals surface area contributed by atoms with Gasteiger partial charge in [0.05, 0.1) is 12.7 Å². The van der Waals surface area contributed by atoms with E-state index in [-0.39, 0.29) is 0 Å². The number of piperidine rings is 1. The highest BCUT2D eigenvalue weighted by Gasteiger charge is 2.32. The molecule has 6 heteroatoms. The van der Waals surface area contributed by atoms with Crippen molar-refractivity contribution in [3.8, 4) is 0 Å². The third kappa shape index (κ3) is 2.80. The number of hydrogen-bond donors (Lipinski definition) is 0. The fourth-order valence-corrected chi connectivity index (χ4v) is 3.73. The van der Waals surface area contributed by atoms with Crippen LogP contribution in [-0.4, -0.2) is 37.7 Å².